The summed E-state index contributed by atoms with van der Waals surface area (Å²) in [6.07, 6.45) is 0. The lowest BCUT2D eigenvalue weighted by atomic mass is 10.1. The number of ether oxygens (including phenoxy) is 2. The molecule has 0 fully saturated rings. The Labute approximate surface area is 143 Å². The van der Waals surface area contributed by atoms with Crippen LogP contribution in [0.5, 0.6) is 11.5 Å². The van der Waals surface area contributed by atoms with Gasteiger partial charge in [0.25, 0.3) is 11.8 Å². The van der Waals surface area contributed by atoms with Crippen molar-refractivity contribution in [3.63, 3.8) is 0 Å². The van der Waals surface area contributed by atoms with Gasteiger partial charge in [0.2, 0.25) is 12.7 Å². The molecular formula is C18H14N2O5. The van der Waals surface area contributed by atoms with Gasteiger partial charge in [-0.1, -0.05) is 12.1 Å². The van der Waals surface area contributed by atoms with E-state index in [1.165, 1.54) is 4.90 Å². The maximum atomic E-state index is 12.5. The van der Waals surface area contributed by atoms with Crippen molar-refractivity contribution in [2.45, 2.75) is 0 Å². The first-order valence-electron chi connectivity index (χ1n) is 7.67. The SMILES string of the molecule is CN(C(=O)CN1C(=O)c2ccccc2C1=O)c1ccc2c(c1)OCO2. The van der Waals surface area contributed by atoms with Crippen molar-refractivity contribution in [2.75, 3.05) is 25.3 Å². The van der Waals surface area contributed by atoms with E-state index < -0.39 is 11.8 Å². The summed E-state index contributed by atoms with van der Waals surface area (Å²) in [6.45, 7) is -0.178. The number of carbonyl (C=O) groups excluding carboxylic acids is 3. The van der Waals surface area contributed by atoms with E-state index in [4.69, 9.17) is 9.47 Å². The van der Waals surface area contributed by atoms with Gasteiger partial charge in [0.15, 0.2) is 11.5 Å². The summed E-state index contributed by atoms with van der Waals surface area (Å²) in [4.78, 5) is 39.6. The molecule has 0 aliphatic carbocycles. The van der Waals surface area contributed by atoms with E-state index in [1.807, 2.05) is 0 Å². The third-order valence-electron chi connectivity index (χ3n) is 4.29. The van der Waals surface area contributed by atoms with Gasteiger partial charge in [0.05, 0.1) is 11.1 Å². The number of hydrogen-bond acceptors (Lipinski definition) is 5. The minimum absolute atomic E-state index is 0.144. The molecule has 2 aromatic rings. The first-order valence-corrected chi connectivity index (χ1v) is 7.67. The summed E-state index contributed by atoms with van der Waals surface area (Å²) < 4.78 is 10.5. The Morgan fingerprint density at radius 1 is 1.04 bits per heavy atom. The Bertz CT molecular complexity index is 873. The second-order valence-corrected chi connectivity index (χ2v) is 5.73. The van der Waals surface area contributed by atoms with E-state index in [0.717, 1.165) is 4.90 Å². The lowest BCUT2D eigenvalue weighted by Gasteiger charge is -2.21. The first kappa shape index (κ1) is 15.2. The van der Waals surface area contributed by atoms with Crippen LogP contribution in [0, 0.1) is 0 Å². The van der Waals surface area contributed by atoms with Crippen molar-refractivity contribution in [3.8, 4) is 11.5 Å². The molecule has 3 amide bonds. The molecule has 2 aliphatic heterocycles. The van der Waals surface area contributed by atoms with Crippen LogP contribution in [0.4, 0.5) is 5.69 Å². The lowest BCUT2D eigenvalue weighted by molar-refractivity contribution is -0.118. The highest BCUT2D eigenvalue weighted by Crippen LogP contribution is 2.35. The van der Waals surface area contributed by atoms with Gasteiger partial charge in [-0.15, -0.1) is 0 Å². The fourth-order valence-electron chi connectivity index (χ4n) is 2.86. The molecule has 0 unspecified atom stereocenters. The first-order chi connectivity index (χ1) is 12.1. The summed E-state index contributed by atoms with van der Waals surface area (Å²) in [5, 5.41) is 0. The average molecular weight is 338 g/mol. The van der Waals surface area contributed by atoms with Crippen LogP contribution in [0.15, 0.2) is 42.5 Å². The number of nitrogens with zero attached hydrogens (tertiary/aromatic N) is 2. The van der Waals surface area contributed by atoms with Gasteiger partial charge >= 0.3 is 0 Å². The van der Waals surface area contributed by atoms with E-state index in [9.17, 15) is 14.4 Å². The molecule has 4 rings (SSSR count). The van der Waals surface area contributed by atoms with Gasteiger partial charge in [-0.3, -0.25) is 19.3 Å². The highest BCUT2D eigenvalue weighted by Gasteiger charge is 2.36. The summed E-state index contributed by atoms with van der Waals surface area (Å²) in [7, 11) is 1.58. The van der Waals surface area contributed by atoms with Crippen LogP contribution in [-0.4, -0.2) is 43.0 Å². The van der Waals surface area contributed by atoms with Crippen molar-refractivity contribution in [1.82, 2.24) is 4.90 Å². The molecular weight excluding hydrogens is 324 g/mol. The van der Waals surface area contributed by atoms with Crippen LogP contribution < -0.4 is 14.4 Å². The molecule has 2 aliphatic rings. The normalized spacial score (nSPS) is 14.7. The number of anilines is 1. The topological polar surface area (TPSA) is 76.2 Å². The number of fused-ring (bicyclic) bond motifs is 2. The Morgan fingerprint density at radius 3 is 2.36 bits per heavy atom. The van der Waals surface area contributed by atoms with Crippen LogP contribution in [0.25, 0.3) is 0 Å². The lowest BCUT2D eigenvalue weighted by Crippen LogP contribution is -2.41. The molecule has 126 valence electrons. The summed E-state index contributed by atoms with van der Waals surface area (Å²) in [6, 6.07) is 11.7. The van der Waals surface area contributed by atoms with Crippen molar-refractivity contribution in [3.05, 3.63) is 53.6 Å². The molecule has 0 spiro atoms. The van der Waals surface area contributed by atoms with E-state index in [1.54, 1.807) is 49.5 Å². The number of hydrogen-bond donors (Lipinski definition) is 0. The molecule has 0 bridgehead atoms. The standard InChI is InChI=1S/C18H14N2O5/c1-19(11-6-7-14-15(8-11)25-10-24-14)16(21)9-20-17(22)12-4-2-3-5-13(12)18(20)23/h2-8H,9-10H2,1H3. The maximum Gasteiger partial charge on any atom is 0.262 e. The number of imide groups is 1. The van der Waals surface area contributed by atoms with Gasteiger partial charge in [-0.25, -0.2) is 0 Å². The van der Waals surface area contributed by atoms with Crippen LogP contribution >= 0.6 is 0 Å². The molecule has 25 heavy (non-hydrogen) atoms. The number of benzene rings is 2. The fourth-order valence-corrected chi connectivity index (χ4v) is 2.86. The van der Waals surface area contributed by atoms with E-state index in [-0.39, 0.29) is 19.2 Å². The fraction of sp³-hybridized carbons (Fsp3) is 0.167. The molecule has 0 aromatic heterocycles. The number of likely N-dealkylation sites (N-methyl/N-ethyl adjacent to an activating group) is 1. The molecule has 0 radical (unpaired) electrons. The van der Waals surface area contributed by atoms with Gasteiger partial charge in [0, 0.05) is 18.8 Å². The second kappa shape index (κ2) is 5.62. The Balaban J connectivity index is 1.53. The van der Waals surface area contributed by atoms with Crippen LogP contribution in [0.3, 0.4) is 0 Å². The minimum Gasteiger partial charge on any atom is -0.454 e. The van der Waals surface area contributed by atoms with Crippen LogP contribution in [-0.2, 0) is 4.79 Å². The molecule has 0 N–H and O–H groups in total. The highest BCUT2D eigenvalue weighted by atomic mass is 16.7. The second-order valence-electron chi connectivity index (χ2n) is 5.73. The third-order valence-corrected chi connectivity index (χ3v) is 4.29. The van der Waals surface area contributed by atoms with Crippen LogP contribution in [0.1, 0.15) is 20.7 Å². The zero-order valence-electron chi connectivity index (χ0n) is 13.4. The average Bonchev–Trinajstić information content (AvgIpc) is 3.19. The van der Waals surface area contributed by atoms with E-state index >= 15 is 0 Å². The molecule has 7 heteroatoms. The predicted molar refractivity (Wildman–Crippen MR) is 87.8 cm³/mol. The maximum absolute atomic E-state index is 12.5. The molecule has 0 saturated heterocycles. The smallest absolute Gasteiger partial charge is 0.262 e. The number of amides is 3. The van der Waals surface area contributed by atoms with Crippen molar-refractivity contribution < 1.29 is 23.9 Å². The molecule has 0 saturated carbocycles. The van der Waals surface area contributed by atoms with Crippen LogP contribution in [0.2, 0.25) is 0 Å². The van der Waals surface area contributed by atoms with E-state index in [0.29, 0.717) is 28.3 Å². The van der Waals surface area contributed by atoms with Crippen molar-refractivity contribution in [2.24, 2.45) is 0 Å². The summed E-state index contributed by atoms with van der Waals surface area (Å²) in [5.74, 6) is -0.114. The molecule has 0 atom stereocenters. The Hall–Kier alpha value is -3.35. The van der Waals surface area contributed by atoms with Crippen molar-refractivity contribution in [1.29, 1.82) is 0 Å². The van der Waals surface area contributed by atoms with E-state index in [2.05, 4.69) is 0 Å². The van der Waals surface area contributed by atoms with Crippen molar-refractivity contribution >= 4 is 23.4 Å². The minimum atomic E-state index is -0.451. The molecule has 2 aromatic carbocycles. The van der Waals surface area contributed by atoms with Gasteiger partial charge in [-0.05, 0) is 24.3 Å². The van der Waals surface area contributed by atoms with Gasteiger partial charge in [-0.2, -0.15) is 0 Å². The highest BCUT2D eigenvalue weighted by molar-refractivity contribution is 6.22. The zero-order valence-corrected chi connectivity index (χ0v) is 13.4. The number of rotatable bonds is 3. The number of carbonyl (C=O) groups is 3. The molecule has 2 heterocycles. The Morgan fingerprint density at radius 2 is 1.68 bits per heavy atom. The quantitative estimate of drug-likeness (QED) is 0.796. The predicted octanol–water partition coefficient (Wildman–Crippen LogP) is 1.67. The molecule has 7 nitrogen and oxygen atoms in total. The summed E-state index contributed by atoms with van der Waals surface area (Å²) >= 11 is 0. The zero-order chi connectivity index (χ0) is 17.6. The Kier molecular flexibility index (Phi) is 3.42. The summed E-state index contributed by atoms with van der Waals surface area (Å²) in [5.41, 5.74) is 1.24. The third kappa shape index (κ3) is 2.40. The van der Waals surface area contributed by atoms with Gasteiger partial charge in [0.1, 0.15) is 6.54 Å². The monoisotopic (exact) mass is 338 g/mol. The largest absolute Gasteiger partial charge is 0.454 e. The van der Waals surface area contributed by atoms with Gasteiger partial charge < -0.3 is 14.4 Å².